The fraction of sp³-hybridized carbons (Fsp3) is 0.917. The Morgan fingerprint density at radius 2 is 1.57 bits per heavy atom. The Morgan fingerprint density at radius 1 is 1.05 bits per heavy atom. The predicted octanol–water partition coefficient (Wildman–Crippen LogP) is 4.03. The third kappa shape index (κ3) is 5.28. The Hall–Kier alpha value is -1.15. The molecule has 0 saturated heterocycles. The molecule has 0 aromatic heterocycles. The first-order chi connectivity index (χ1) is 9.41. The van der Waals surface area contributed by atoms with Crippen molar-refractivity contribution in [2.24, 2.45) is 11.8 Å². The van der Waals surface area contributed by atoms with E-state index in [2.05, 4.69) is 4.74 Å². The van der Waals surface area contributed by atoms with Crippen LogP contribution >= 0.6 is 0 Å². The van der Waals surface area contributed by atoms with Crippen molar-refractivity contribution in [1.82, 2.24) is 5.32 Å². The van der Waals surface area contributed by atoms with Gasteiger partial charge in [0.05, 0.1) is 0 Å². The number of alkyl carbamates (subject to hydrolysis) is 1. The summed E-state index contributed by atoms with van der Waals surface area (Å²) in [6, 6.07) is -3.92. The van der Waals surface area contributed by atoms with E-state index in [0.29, 0.717) is 25.2 Å². The molecule has 0 spiro atoms. The molecule has 0 aromatic carbocycles. The number of halogens is 6. The van der Waals surface area contributed by atoms with Crippen molar-refractivity contribution in [3.63, 3.8) is 0 Å². The normalized spacial score (nSPS) is 27.6. The minimum Gasteiger partial charge on any atom is -0.446 e. The lowest BCUT2D eigenvalue weighted by Gasteiger charge is -2.32. The van der Waals surface area contributed by atoms with Gasteiger partial charge in [-0.2, -0.15) is 26.3 Å². The SMILES string of the molecule is C[C@H]1CC[C@@H](OC(=O)NC(C(F)(F)F)C(F)(F)F)C[C@@H]1C. The number of nitrogens with one attached hydrogen (secondary N) is 1. The minimum atomic E-state index is -5.62. The van der Waals surface area contributed by atoms with Crippen LogP contribution in [0.1, 0.15) is 33.1 Å². The highest BCUT2D eigenvalue weighted by Crippen LogP contribution is 2.34. The molecular formula is C12H17F6NO2. The van der Waals surface area contributed by atoms with Crippen molar-refractivity contribution in [3.05, 3.63) is 0 Å². The lowest BCUT2D eigenvalue weighted by atomic mass is 9.80. The zero-order valence-electron chi connectivity index (χ0n) is 11.5. The van der Waals surface area contributed by atoms with Gasteiger partial charge in [-0.05, 0) is 31.1 Å². The van der Waals surface area contributed by atoms with Crippen molar-refractivity contribution in [2.75, 3.05) is 0 Å². The maximum Gasteiger partial charge on any atom is 0.417 e. The van der Waals surface area contributed by atoms with Crippen molar-refractivity contribution in [2.45, 2.75) is 57.6 Å². The lowest BCUT2D eigenvalue weighted by molar-refractivity contribution is -0.256. The van der Waals surface area contributed by atoms with E-state index < -0.39 is 30.6 Å². The molecule has 0 aliphatic heterocycles. The van der Waals surface area contributed by atoms with Crippen LogP contribution in [-0.2, 0) is 4.74 Å². The first-order valence-electron chi connectivity index (χ1n) is 6.51. The van der Waals surface area contributed by atoms with Crippen LogP contribution in [0.15, 0.2) is 0 Å². The summed E-state index contributed by atoms with van der Waals surface area (Å²) in [6.07, 6.45) is -12.0. The third-order valence-corrected chi connectivity index (χ3v) is 3.74. The number of carbonyl (C=O) groups excluding carboxylic acids is 1. The largest absolute Gasteiger partial charge is 0.446 e. The smallest absolute Gasteiger partial charge is 0.417 e. The van der Waals surface area contributed by atoms with E-state index in [4.69, 9.17) is 0 Å². The molecule has 124 valence electrons. The highest BCUT2D eigenvalue weighted by Gasteiger charge is 2.58. The van der Waals surface area contributed by atoms with E-state index in [0.717, 1.165) is 5.32 Å². The molecule has 0 heterocycles. The van der Waals surface area contributed by atoms with E-state index >= 15 is 0 Å². The molecule has 9 heteroatoms. The van der Waals surface area contributed by atoms with Gasteiger partial charge >= 0.3 is 18.4 Å². The molecule has 3 nitrogen and oxygen atoms in total. The van der Waals surface area contributed by atoms with Crippen molar-refractivity contribution in [3.8, 4) is 0 Å². The molecule has 0 aromatic rings. The minimum absolute atomic E-state index is 0.192. The maximum absolute atomic E-state index is 12.3. The first kappa shape index (κ1) is 17.9. The van der Waals surface area contributed by atoms with E-state index in [9.17, 15) is 31.1 Å². The van der Waals surface area contributed by atoms with Crippen molar-refractivity contribution < 1.29 is 35.9 Å². The van der Waals surface area contributed by atoms with Crippen LogP contribution < -0.4 is 5.32 Å². The molecule has 0 radical (unpaired) electrons. The van der Waals surface area contributed by atoms with Gasteiger partial charge in [0.2, 0.25) is 6.04 Å². The number of rotatable bonds is 2. The quantitative estimate of drug-likeness (QED) is 0.780. The molecule has 0 unspecified atom stereocenters. The number of alkyl halides is 6. The third-order valence-electron chi connectivity index (χ3n) is 3.74. The summed E-state index contributed by atoms with van der Waals surface area (Å²) < 4.78 is 78.3. The zero-order valence-corrected chi connectivity index (χ0v) is 11.5. The highest BCUT2D eigenvalue weighted by atomic mass is 19.4. The summed E-state index contributed by atoms with van der Waals surface area (Å²) in [5, 5.41) is 0.859. The second-order valence-electron chi connectivity index (χ2n) is 5.46. The van der Waals surface area contributed by atoms with E-state index in [-0.39, 0.29) is 5.92 Å². The van der Waals surface area contributed by atoms with Gasteiger partial charge in [-0.25, -0.2) is 4.79 Å². The van der Waals surface area contributed by atoms with E-state index in [1.165, 1.54) is 0 Å². The second-order valence-corrected chi connectivity index (χ2v) is 5.46. The van der Waals surface area contributed by atoms with Gasteiger partial charge in [0, 0.05) is 0 Å². The number of amides is 1. The molecule has 1 N–H and O–H groups in total. The second kappa shape index (κ2) is 6.31. The van der Waals surface area contributed by atoms with Crippen LogP contribution in [0.4, 0.5) is 31.1 Å². The Labute approximate surface area is 118 Å². The molecule has 1 rings (SSSR count). The number of hydrogen-bond acceptors (Lipinski definition) is 2. The van der Waals surface area contributed by atoms with Gasteiger partial charge in [0.25, 0.3) is 0 Å². The van der Waals surface area contributed by atoms with E-state index in [1.54, 1.807) is 0 Å². The summed E-state index contributed by atoms with van der Waals surface area (Å²) >= 11 is 0. The molecule has 21 heavy (non-hydrogen) atoms. The summed E-state index contributed by atoms with van der Waals surface area (Å²) in [5.74, 6) is 0.573. The van der Waals surface area contributed by atoms with Crippen molar-refractivity contribution in [1.29, 1.82) is 0 Å². The number of carbonyl (C=O) groups is 1. The van der Waals surface area contributed by atoms with Gasteiger partial charge in [-0.15, -0.1) is 0 Å². The maximum atomic E-state index is 12.3. The van der Waals surface area contributed by atoms with Crippen LogP contribution in [0, 0.1) is 11.8 Å². The van der Waals surface area contributed by atoms with E-state index in [1.807, 2.05) is 13.8 Å². The molecule has 1 amide bonds. The standard InChI is InChI=1S/C12H17F6NO2/c1-6-3-4-8(5-7(6)2)21-10(20)19-9(11(13,14)15)12(16,17)18/h6-9H,3-5H2,1-2H3,(H,19,20)/t6-,7-,8+/m0/s1. The molecular weight excluding hydrogens is 304 g/mol. The van der Waals surface area contributed by atoms with Gasteiger partial charge in [-0.3, -0.25) is 0 Å². The Balaban J connectivity index is 2.59. The van der Waals surface area contributed by atoms with Crippen LogP contribution in [0.5, 0.6) is 0 Å². The monoisotopic (exact) mass is 321 g/mol. The Bertz CT molecular complexity index is 354. The fourth-order valence-electron chi connectivity index (χ4n) is 2.26. The molecule has 1 aliphatic rings. The Kier molecular flexibility index (Phi) is 5.38. The van der Waals surface area contributed by atoms with Crippen LogP contribution in [-0.4, -0.2) is 30.6 Å². The van der Waals surface area contributed by atoms with Gasteiger partial charge in [0.15, 0.2) is 0 Å². The Morgan fingerprint density at radius 3 is 2.00 bits per heavy atom. The molecule has 1 aliphatic carbocycles. The molecule has 1 saturated carbocycles. The first-order valence-corrected chi connectivity index (χ1v) is 6.51. The van der Waals surface area contributed by atoms with Crippen LogP contribution in [0.3, 0.4) is 0 Å². The van der Waals surface area contributed by atoms with Crippen LogP contribution in [0.25, 0.3) is 0 Å². The van der Waals surface area contributed by atoms with Gasteiger partial charge in [0.1, 0.15) is 6.10 Å². The highest BCUT2D eigenvalue weighted by molar-refractivity contribution is 5.68. The average molecular weight is 321 g/mol. The zero-order chi connectivity index (χ0) is 16.4. The molecule has 3 atom stereocenters. The van der Waals surface area contributed by atoms with Crippen LogP contribution in [0.2, 0.25) is 0 Å². The molecule has 1 fully saturated rings. The summed E-state index contributed by atoms with van der Waals surface area (Å²) in [7, 11) is 0. The summed E-state index contributed by atoms with van der Waals surface area (Å²) in [5.41, 5.74) is 0. The number of hydrogen-bond donors (Lipinski definition) is 1. The molecule has 0 bridgehead atoms. The predicted molar refractivity (Wildman–Crippen MR) is 61.5 cm³/mol. The van der Waals surface area contributed by atoms with Gasteiger partial charge in [-0.1, -0.05) is 13.8 Å². The lowest BCUT2D eigenvalue weighted by Crippen LogP contribution is -2.55. The van der Waals surface area contributed by atoms with Crippen molar-refractivity contribution >= 4 is 6.09 Å². The fourth-order valence-corrected chi connectivity index (χ4v) is 2.26. The average Bonchev–Trinajstić information content (AvgIpc) is 2.28. The summed E-state index contributed by atoms with van der Waals surface area (Å²) in [6.45, 7) is 3.89. The number of ether oxygens (including phenoxy) is 1. The summed E-state index contributed by atoms with van der Waals surface area (Å²) in [4.78, 5) is 11.3. The topological polar surface area (TPSA) is 38.3 Å². The van der Waals surface area contributed by atoms with Gasteiger partial charge < -0.3 is 10.1 Å².